The fourth-order valence-electron chi connectivity index (χ4n) is 3.19. The van der Waals surface area contributed by atoms with E-state index in [1.54, 1.807) is 19.1 Å². The third kappa shape index (κ3) is 4.02. The van der Waals surface area contributed by atoms with E-state index in [0.717, 1.165) is 5.56 Å². The molecule has 1 aliphatic rings. The van der Waals surface area contributed by atoms with Crippen LogP contribution >= 0.6 is 11.6 Å². The van der Waals surface area contributed by atoms with Crippen molar-refractivity contribution in [3.63, 3.8) is 0 Å². The van der Waals surface area contributed by atoms with Crippen molar-refractivity contribution < 1.29 is 23.8 Å². The molecular weight excluding hydrogens is 385 g/mol. The van der Waals surface area contributed by atoms with Gasteiger partial charge in [-0.3, -0.25) is 4.79 Å². The summed E-state index contributed by atoms with van der Waals surface area (Å²) < 4.78 is 18.4. The number of nitrogens with zero attached hydrogens (tertiary/aromatic N) is 1. The number of halogens is 2. The van der Waals surface area contributed by atoms with E-state index in [-0.39, 0.29) is 18.7 Å². The molecule has 7 heteroatoms. The summed E-state index contributed by atoms with van der Waals surface area (Å²) >= 11 is 5.89. The number of hydrogen-bond acceptors (Lipinski definition) is 4. The van der Waals surface area contributed by atoms with Crippen molar-refractivity contribution in [2.24, 2.45) is 0 Å². The molecule has 28 heavy (non-hydrogen) atoms. The monoisotopic (exact) mass is 403 g/mol. The number of ether oxygens (including phenoxy) is 1. The average Bonchev–Trinajstić information content (AvgIpc) is 2.93. The Hall–Kier alpha value is -2.86. The van der Waals surface area contributed by atoms with Crippen LogP contribution in [-0.4, -0.2) is 35.0 Å². The van der Waals surface area contributed by atoms with Crippen LogP contribution in [0.1, 0.15) is 24.1 Å². The average molecular weight is 404 g/mol. The van der Waals surface area contributed by atoms with E-state index < -0.39 is 29.5 Å². The second-order valence-electron chi connectivity index (χ2n) is 6.31. The van der Waals surface area contributed by atoms with Gasteiger partial charge in [-0.1, -0.05) is 35.9 Å². The highest BCUT2D eigenvalue weighted by Gasteiger charge is 2.44. The van der Waals surface area contributed by atoms with Crippen molar-refractivity contribution >= 4 is 23.5 Å². The Bertz CT molecular complexity index is 909. The van der Waals surface area contributed by atoms with Gasteiger partial charge in [0.25, 0.3) is 5.91 Å². The minimum atomic E-state index is -0.848. The molecule has 2 aromatic carbocycles. The van der Waals surface area contributed by atoms with Gasteiger partial charge in [-0.05, 0) is 48.7 Å². The first-order valence-corrected chi connectivity index (χ1v) is 9.21. The van der Waals surface area contributed by atoms with Gasteiger partial charge < -0.3 is 14.7 Å². The SMILES string of the molecule is CCOC(=O)C1=C(O)C(=O)N(CCc2ccc(Cl)cc2)C1c1ccc(F)cc1. The molecule has 1 heterocycles. The summed E-state index contributed by atoms with van der Waals surface area (Å²) in [7, 11) is 0. The molecule has 1 aliphatic heterocycles. The van der Waals surface area contributed by atoms with Gasteiger partial charge in [0.1, 0.15) is 11.4 Å². The third-order valence-electron chi connectivity index (χ3n) is 4.54. The normalized spacial score (nSPS) is 16.6. The minimum Gasteiger partial charge on any atom is -0.503 e. The lowest BCUT2D eigenvalue weighted by molar-refractivity contribution is -0.139. The van der Waals surface area contributed by atoms with Crippen molar-refractivity contribution in [3.05, 3.63) is 81.8 Å². The van der Waals surface area contributed by atoms with Crippen LogP contribution in [0.3, 0.4) is 0 Å². The number of aliphatic hydroxyl groups excluding tert-OH is 1. The standard InChI is InChI=1S/C21H19ClFNO4/c1-2-28-21(27)17-18(14-5-9-16(23)10-6-14)24(20(26)19(17)25)12-11-13-3-7-15(22)8-4-13/h3-10,18,25H,2,11-12H2,1H3. The van der Waals surface area contributed by atoms with Gasteiger partial charge in [0.15, 0.2) is 5.76 Å². The van der Waals surface area contributed by atoms with E-state index in [9.17, 15) is 19.1 Å². The first-order valence-electron chi connectivity index (χ1n) is 8.83. The van der Waals surface area contributed by atoms with Crippen LogP contribution in [0.5, 0.6) is 0 Å². The molecule has 1 unspecified atom stereocenters. The predicted molar refractivity (Wildman–Crippen MR) is 102 cm³/mol. The lowest BCUT2D eigenvalue weighted by Crippen LogP contribution is -2.33. The van der Waals surface area contributed by atoms with Gasteiger partial charge in [-0.2, -0.15) is 0 Å². The van der Waals surface area contributed by atoms with Gasteiger partial charge in [-0.15, -0.1) is 0 Å². The predicted octanol–water partition coefficient (Wildman–Crippen LogP) is 3.98. The molecular formula is C21H19ClFNO4. The summed E-state index contributed by atoms with van der Waals surface area (Å²) in [5, 5.41) is 10.9. The van der Waals surface area contributed by atoms with Gasteiger partial charge in [-0.25, -0.2) is 9.18 Å². The topological polar surface area (TPSA) is 66.8 Å². The molecule has 2 aromatic rings. The maximum absolute atomic E-state index is 13.4. The highest BCUT2D eigenvalue weighted by atomic mass is 35.5. The van der Waals surface area contributed by atoms with Crippen LogP contribution in [-0.2, 0) is 20.7 Å². The Labute approximate surface area is 167 Å². The number of carbonyl (C=O) groups excluding carboxylic acids is 2. The Kier molecular flexibility index (Phi) is 5.99. The molecule has 0 saturated carbocycles. The first-order chi connectivity index (χ1) is 13.4. The van der Waals surface area contributed by atoms with Crippen molar-refractivity contribution in [3.8, 4) is 0 Å². The first kappa shape index (κ1) is 19.9. The van der Waals surface area contributed by atoms with Crippen LogP contribution in [0.2, 0.25) is 5.02 Å². The smallest absolute Gasteiger partial charge is 0.340 e. The Morgan fingerprint density at radius 3 is 2.43 bits per heavy atom. The molecule has 1 amide bonds. The fraction of sp³-hybridized carbons (Fsp3) is 0.238. The van der Waals surface area contributed by atoms with Gasteiger partial charge >= 0.3 is 5.97 Å². The quantitative estimate of drug-likeness (QED) is 0.741. The van der Waals surface area contributed by atoms with E-state index in [4.69, 9.17) is 16.3 Å². The van der Waals surface area contributed by atoms with Crippen LogP contribution in [0.15, 0.2) is 59.9 Å². The maximum Gasteiger partial charge on any atom is 0.340 e. The molecule has 0 fully saturated rings. The zero-order valence-electron chi connectivity index (χ0n) is 15.2. The van der Waals surface area contributed by atoms with Crippen LogP contribution in [0, 0.1) is 5.82 Å². The van der Waals surface area contributed by atoms with E-state index in [2.05, 4.69) is 0 Å². The summed E-state index contributed by atoms with van der Waals surface area (Å²) in [6.45, 7) is 1.98. The van der Waals surface area contributed by atoms with Gasteiger partial charge in [0, 0.05) is 11.6 Å². The summed E-state index contributed by atoms with van der Waals surface area (Å²) in [5.74, 6) is -2.50. The van der Waals surface area contributed by atoms with Gasteiger partial charge in [0.2, 0.25) is 0 Å². The molecule has 146 valence electrons. The number of carbonyl (C=O) groups is 2. The highest BCUT2D eigenvalue weighted by Crippen LogP contribution is 2.38. The van der Waals surface area contributed by atoms with E-state index in [1.807, 2.05) is 12.1 Å². The zero-order valence-corrected chi connectivity index (χ0v) is 15.9. The van der Waals surface area contributed by atoms with E-state index in [0.29, 0.717) is 17.0 Å². The largest absolute Gasteiger partial charge is 0.503 e. The summed E-state index contributed by atoms with van der Waals surface area (Å²) in [6, 6.07) is 11.8. The summed E-state index contributed by atoms with van der Waals surface area (Å²) in [6.07, 6.45) is 0.490. The molecule has 0 radical (unpaired) electrons. The molecule has 0 aliphatic carbocycles. The summed E-state index contributed by atoms with van der Waals surface area (Å²) in [5.41, 5.74) is 1.33. The third-order valence-corrected chi connectivity index (χ3v) is 4.79. The number of benzene rings is 2. The van der Waals surface area contributed by atoms with E-state index >= 15 is 0 Å². The van der Waals surface area contributed by atoms with Crippen LogP contribution in [0.25, 0.3) is 0 Å². The Morgan fingerprint density at radius 1 is 1.18 bits per heavy atom. The lowest BCUT2D eigenvalue weighted by Gasteiger charge is -2.26. The van der Waals surface area contributed by atoms with E-state index in [1.165, 1.54) is 29.2 Å². The number of amides is 1. The molecule has 0 saturated heterocycles. The molecule has 0 bridgehead atoms. The second kappa shape index (κ2) is 8.44. The van der Waals surface area contributed by atoms with Crippen molar-refractivity contribution in [2.75, 3.05) is 13.2 Å². The molecule has 1 N–H and O–H groups in total. The van der Waals surface area contributed by atoms with Crippen LogP contribution < -0.4 is 0 Å². The molecule has 1 atom stereocenters. The number of hydrogen-bond donors (Lipinski definition) is 1. The highest BCUT2D eigenvalue weighted by molar-refractivity contribution is 6.30. The second-order valence-corrected chi connectivity index (χ2v) is 6.75. The fourth-order valence-corrected chi connectivity index (χ4v) is 3.32. The maximum atomic E-state index is 13.4. The summed E-state index contributed by atoms with van der Waals surface area (Å²) in [4.78, 5) is 26.5. The van der Waals surface area contributed by atoms with Crippen LogP contribution in [0.4, 0.5) is 4.39 Å². The molecule has 0 aromatic heterocycles. The van der Waals surface area contributed by atoms with Crippen molar-refractivity contribution in [1.82, 2.24) is 4.90 Å². The molecule has 3 rings (SSSR count). The Balaban J connectivity index is 1.92. The number of rotatable bonds is 6. The number of esters is 1. The lowest BCUT2D eigenvalue weighted by atomic mass is 9.99. The molecule has 5 nitrogen and oxygen atoms in total. The van der Waals surface area contributed by atoms with Crippen molar-refractivity contribution in [1.29, 1.82) is 0 Å². The minimum absolute atomic E-state index is 0.102. The molecule has 0 spiro atoms. The van der Waals surface area contributed by atoms with Gasteiger partial charge in [0.05, 0.1) is 12.6 Å². The number of aliphatic hydroxyl groups is 1. The zero-order chi connectivity index (χ0) is 20.3. The Morgan fingerprint density at radius 2 is 1.82 bits per heavy atom. The van der Waals surface area contributed by atoms with Crippen molar-refractivity contribution in [2.45, 2.75) is 19.4 Å².